The molecule has 7 heteroatoms. The minimum atomic E-state index is -4.49. The first-order valence-electron chi connectivity index (χ1n) is 8.34. The lowest BCUT2D eigenvalue weighted by Crippen LogP contribution is -2.11. The number of hydrogen-bond donors (Lipinski definition) is 1. The normalized spacial score (nSPS) is 12.0. The molecule has 0 spiro atoms. The number of nitrogens with zero attached hydrogens (tertiary/aromatic N) is 1. The van der Waals surface area contributed by atoms with Gasteiger partial charge in [-0.1, -0.05) is 18.2 Å². The first kappa shape index (κ1) is 18.8. The number of primary amides is 1. The minimum Gasteiger partial charge on any atom is -0.366 e. The summed E-state index contributed by atoms with van der Waals surface area (Å²) in [5.74, 6) is -0.632. The van der Waals surface area contributed by atoms with Gasteiger partial charge < -0.3 is 10.3 Å². The van der Waals surface area contributed by atoms with E-state index in [1.165, 1.54) is 0 Å². The number of halogens is 4. The predicted octanol–water partition coefficient (Wildman–Crippen LogP) is 5.37. The molecule has 0 aliphatic carbocycles. The molecule has 0 atom stereocenters. The van der Waals surface area contributed by atoms with Gasteiger partial charge in [-0.05, 0) is 70.6 Å². The van der Waals surface area contributed by atoms with E-state index >= 15 is 0 Å². The van der Waals surface area contributed by atoms with Crippen molar-refractivity contribution in [1.82, 2.24) is 4.57 Å². The van der Waals surface area contributed by atoms with E-state index < -0.39 is 17.6 Å². The van der Waals surface area contributed by atoms with Gasteiger partial charge in [0.1, 0.15) is 0 Å². The molecule has 3 aromatic carbocycles. The molecule has 0 bridgehead atoms. The Kier molecular flexibility index (Phi) is 4.57. The Bertz CT molecular complexity index is 1230. The van der Waals surface area contributed by atoms with Crippen LogP contribution in [0.15, 0.2) is 54.6 Å². The Morgan fingerprint density at radius 2 is 1.86 bits per heavy atom. The quantitative estimate of drug-likeness (QED) is 0.384. The number of alkyl halides is 3. The number of carbonyl (C=O) groups excluding carboxylic acids is 1. The highest BCUT2D eigenvalue weighted by molar-refractivity contribution is 14.1. The minimum absolute atomic E-state index is 0.264. The second-order valence-electron chi connectivity index (χ2n) is 6.43. The van der Waals surface area contributed by atoms with Gasteiger partial charge in [0.15, 0.2) is 0 Å². The highest BCUT2D eigenvalue weighted by atomic mass is 127. The number of fused-ring (bicyclic) bond motifs is 3. The number of hydrogen-bond acceptors (Lipinski definition) is 1. The average Bonchev–Trinajstić information content (AvgIpc) is 2.94. The summed E-state index contributed by atoms with van der Waals surface area (Å²) in [4.78, 5) is 11.9. The molecule has 0 aliphatic heterocycles. The monoisotopic (exact) mass is 493 g/mol. The van der Waals surface area contributed by atoms with Gasteiger partial charge >= 0.3 is 6.18 Å². The van der Waals surface area contributed by atoms with E-state index in [1.807, 2.05) is 24.3 Å². The average molecular weight is 493 g/mol. The molecule has 0 unspecified atom stereocenters. The third kappa shape index (κ3) is 3.23. The number of aromatic nitrogens is 1. The summed E-state index contributed by atoms with van der Waals surface area (Å²) in [6.07, 6.45) is -4.49. The van der Waals surface area contributed by atoms with Crippen LogP contribution >= 0.6 is 22.6 Å². The molecular weight excluding hydrogens is 480 g/mol. The van der Waals surface area contributed by atoms with Crippen molar-refractivity contribution in [2.24, 2.45) is 5.73 Å². The molecule has 0 fully saturated rings. The summed E-state index contributed by atoms with van der Waals surface area (Å²) >= 11 is 2.19. The SMILES string of the molecule is NC(=O)c1cccc2c1c1[c]cc(C(F)(F)F)cc1n2Cc1cccc(I)c1. The Morgan fingerprint density at radius 3 is 2.54 bits per heavy atom. The van der Waals surface area contributed by atoms with Gasteiger partial charge in [-0.3, -0.25) is 4.79 Å². The van der Waals surface area contributed by atoms with Crippen LogP contribution in [0, 0.1) is 9.64 Å². The van der Waals surface area contributed by atoms with Crippen molar-refractivity contribution >= 4 is 50.3 Å². The van der Waals surface area contributed by atoms with E-state index in [0.29, 0.717) is 28.4 Å². The molecule has 1 aromatic heterocycles. The number of amides is 1. The van der Waals surface area contributed by atoms with Crippen molar-refractivity contribution in [3.63, 3.8) is 0 Å². The summed E-state index contributed by atoms with van der Waals surface area (Å²) in [5, 5.41) is 0.965. The number of nitrogens with two attached hydrogens (primary N) is 1. The highest BCUT2D eigenvalue weighted by Gasteiger charge is 2.31. The number of rotatable bonds is 3. The van der Waals surface area contributed by atoms with Crippen LogP contribution in [0.3, 0.4) is 0 Å². The van der Waals surface area contributed by atoms with Gasteiger partial charge in [-0.2, -0.15) is 13.2 Å². The third-order valence-electron chi connectivity index (χ3n) is 4.62. The van der Waals surface area contributed by atoms with Crippen molar-refractivity contribution in [3.05, 3.63) is 80.9 Å². The zero-order valence-electron chi connectivity index (χ0n) is 14.3. The molecule has 0 saturated carbocycles. The second kappa shape index (κ2) is 6.80. The Hall–Kier alpha value is -2.55. The Balaban J connectivity index is 2.06. The largest absolute Gasteiger partial charge is 0.416 e. The third-order valence-corrected chi connectivity index (χ3v) is 5.29. The lowest BCUT2D eigenvalue weighted by molar-refractivity contribution is -0.137. The molecular formula is C21H13F3IN2O. The Labute approximate surface area is 172 Å². The fraction of sp³-hybridized carbons (Fsp3) is 0.0952. The summed E-state index contributed by atoms with van der Waals surface area (Å²) in [5.41, 5.74) is 6.92. The lowest BCUT2D eigenvalue weighted by atomic mass is 10.0. The molecule has 4 aromatic rings. The van der Waals surface area contributed by atoms with Crippen LogP contribution < -0.4 is 5.73 Å². The van der Waals surface area contributed by atoms with E-state index in [2.05, 4.69) is 28.7 Å². The van der Waals surface area contributed by atoms with Gasteiger partial charge in [0.2, 0.25) is 5.91 Å². The van der Waals surface area contributed by atoms with Gasteiger partial charge in [0.05, 0.1) is 16.6 Å². The summed E-state index contributed by atoms with van der Waals surface area (Å²) < 4.78 is 42.7. The molecule has 28 heavy (non-hydrogen) atoms. The molecule has 3 nitrogen and oxygen atoms in total. The maximum Gasteiger partial charge on any atom is 0.416 e. The van der Waals surface area contributed by atoms with Crippen molar-refractivity contribution in [2.75, 3.05) is 0 Å². The van der Waals surface area contributed by atoms with Crippen LogP contribution in [0.5, 0.6) is 0 Å². The zero-order chi connectivity index (χ0) is 20.1. The molecule has 4 rings (SSSR count). The maximum atomic E-state index is 13.3. The van der Waals surface area contributed by atoms with Gasteiger partial charge in [0, 0.05) is 26.5 Å². The highest BCUT2D eigenvalue weighted by Crippen LogP contribution is 2.36. The number of benzene rings is 3. The van der Waals surface area contributed by atoms with Gasteiger partial charge in [-0.25, -0.2) is 0 Å². The predicted molar refractivity (Wildman–Crippen MR) is 110 cm³/mol. The van der Waals surface area contributed by atoms with E-state index in [0.717, 1.165) is 21.3 Å². The molecule has 0 saturated heterocycles. The van der Waals surface area contributed by atoms with Crippen LogP contribution in [-0.2, 0) is 12.7 Å². The van der Waals surface area contributed by atoms with Crippen molar-refractivity contribution in [2.45, 2.75) is 12.7 Å². The van der Waals surface area contributed by atoms with E-state index in [9.17, 15) is 18.0 Å². The first-order valence-corrected chi connectivity index (χ1v) is 9.41. The van der Waals surface area contributed by atoms with Crippen molar-refractivity contribution in [1.29, 1.82) is 0 Å². The number of carbonyl (C=O) groups is 1. The summed E-state index contributed by atoms with van der Waals surface area (Å²) in [6, 6.07) is 17.5. The fourth-order valence-electron chi connectivity index (χ4n) is 3.41. The Morgan fingerprint density at radius 1 is 1.11 bits per heavy atom. The standard InChI is InChI=1S/C21H13F3IN2O/c22-21(23,24)13-7-8-15-18(10-13)27(11-12-3-1-4-14(25)9-12)17-6-2-5-16(19(15)17)20(26)28/h1-7,9-10H,11H2,(H2,26,28). The van der Waals surface area contributed by atoms with Crippen LogP contribution in [0.2, 0.25) is 0 Å². The zero-order valence-corrected chi connectivity index (χ0v) is 16.5. The lowest BCUT2D eigenvalue weighted by Gasteiger charge is -2.10. The van der Waals surface area contributed by atoms with Crippen LogP contribution in [0.4, 0.5) is 13.2 Å². The summed E-state index contributed by atoms with van der Waals surface area (Å²) in [7, 11) is 0. The molecule has 1 heterocycles. The van der Waals surface area contributed by atoms with Crippen molar-refractivity contribution < 1.29 is 18.0 Å². The molecule has 141 valence electrons. The van der Waals surface area contributed by atoms with Gasteiger partial charge in [-0.15, -0.1) is 0 Å². The van der Waals surface area contributed by atoms with Crippen LogP contribution in [0.25, 0.3) is 21.8 Å². The smallest absolute Gasteiger partial charge is 0.366 e. The summed E-state index contributed by atoms with van der Waals surface area (Å²) in [6.45, 7) is 0.355. The fourth-order valence-corrected chi connectivity index (χ4v) is 4.02. The molecule has 1 amide bonds. The maximum absolute atomic E-state index is 13.3. The van der Waals surface area contributed by atoms with Gasteiger partial charge in [0.25, 0.3) is 0 Å². The molecule has 2 N–H and O–H groups in total. The van der Waals surface area contributed by atoms with Crippen molar-refractivity contribution in [3.8, 4) is 0 Å². The van der Waals surface area contributed by atoms with E-state index in [4.69, 9.17) is 5.73 Å². The van der Waals surface area contributed by atoms with Crippen LogP contribution in [0.1, 0.15) is 21.5 Å². The second-order valence-corrected chi connectivity index (χ2v) is 7.67. The molecule has 0 aliphatic rings. The van der Waals surface area contributed by atoms with E-state index in [-0.39, 0.29) is 5.56 Å². The van der Waals surface area contributed by atoms with E-state index in [1.54, 1.807) is 22.8 Å². The first-order chi connectivity index (χ1) is 13.3. The molecule has 1 radical (unpaired) electrons. The van der Waals surface area contributed by atoms with Crippen LogP contribution in [-0.4, -0.2) is 10.5 Å². The topological polar surface area (TPSA) is 48.0 Å².